The van der Waals surface area contributed by atoms with Crippen molar-refractivity contribution >= 4 is 46.0 Å². The first-order chi connectivity index (χ1) is 17.3. The number of carbonyl (C=O) groups excluding carboxylic acids is 4. The van der Waals surface area contributed by atoms with E-state index in [-0.39, 0.29) is 23.7 Å². The molecule has 0 aliphatic heterocycles. The zero-order valence-corrected chi connectivity index (χ0v) is 20.8. The van der Waals surface area contributed by atoms with Crippen LogP contribution in [0.3, 0.4) is 0 Å². The van der Waals surface area contributed by atoms with E-state index in [1.54, 1.807) is 56.6 Å². The smallest absolute Gasteiger partial charge is 0.320 e. The monoisotopic (exact) mass is 510 g/mol. The van der Waals surface area contributed by atoms with E-state index in [0.29, 0.717) is 21.8 Å². The van der Waals surface area contributed by atoms with Crippen LogP contribution in [0.15, 0.2) is 48.8 Å². The Labute approximate surface area is 211 Å². The van der Waals surface area contributed by atoms with Gasteiger partial charge >= 0.3 is 12.0 Å². The molecule has 3 rings (SSSR count). The van der Waals surface area contributed by atoms with Crippen molar-refractivity contribution < 1.29 is 23.9 Å². The Morgan fingerprint density at radius 1 is 1.08 bits per heavy atom. The summed E-state index contributed by atoms with van der Waals surface area (Å²) in [5, 5.41) is 10.8. The number of rotatable bonds is 9. The predicted octanol–water partition coefficient (Wildman–Crippen LogP) is 3.27. The van der Waals surface area contributed by atoms with Gasteiger partial charge in [-0.3, -0.25) is 24.7 Å². The third kappa shape index (κ3) is 7.09. The summed E-state index contributed by atoms with van der Waals surface area (Å²) in [4.78, 5) is 58.0. The van der Waals surface area contributed by atoms with Crippen molar-refractivity contribution in [2.24, 2.45) is 0 Å². The second kappa shape index (κ2) is 12.4. The molecular weight excluding hydrogens is 484 g/mol. The topological polar surface area (TPSA) is 151 Å². The Morgan fingerprint density at radius 2 is 1.89 bits per heavy atom. The summed E-state index contributed by atoms with van der Waals surface area (Å²) in [5.41, 5.74) is 1.79. The number of hydrogen-bond acceptors (Lipinski definition) is 8. The van der Waals surface area contributed by atoms with E-state index in [2.05, 4.69) is 31.2 Å². The summed E-state index contributed by atoms with van der Waals surface area (Å²) >= 11 is 1.03. The lowest BCUT2D eigenvalue weighted by atomic mass is 10.0. The molecule has 0 radical (unpaired) electrons. The van der Waals surface area contributed by atoms with Gasteiger partial charge in [0.05, 0.1) is 24.8 Å². The number of benzene rings is 1. The molecule has 4 N–H and O–H groups in total. The standard InChI is InChI=1S/C24H26N6O5S/c1-4-35-19(31)12-18(16-8-6-10-26-13-16)29-21(32)15-7-5-9-17(11-15)28-22(33)20-14(2)27-24(36-20)30-23(34)25-3/h5-11,13,18H,4,12H2,1-3H3,(H,28,33)(H,29,32)(H2,25,27,30,34). The van der Waals surface area contributed by atoms with Crippen molar-refractivity contribution in [2.45, 2.75) is 26.3 Å². The van der Waals surface area contributed by atoms with Crippen LogP contribution in [-0.2, 0) is 9.53 Å². The molecule has 36 heavy (non-hydrogen) atoms. The zero-order valence-electron chi connectivity index (χ0n) is 20.0. The molecule has 2 heterocycles. The van der Waals surface area contributed by atoms with Crippen LogP contribution in [0, 0.1) is 6.92 Å². The number of thiazole rings is 1. The molecule has 0 aliphatic rings. The number of esters is 1. The summed E-state index contributed by atoms with van der Waals surface area (Å²) in [6.45, 7) is 3.60. The molecule has 12 heteroatoms. The Morgan fingerprint density at radius 3 is 2.58 bits per heavy atom. The number of ether oxygens (including phenoxy) is 1. The number of nitrogens with zero attached hydrogens (tertiary/aromatic N) is 2. The van der Waals surface area contributed by atoms with Crippen molar-refractivity contribution in [1.82, 2.24) is 20.6 Å². The highest BCUT2D eigenvalue weighted by atomic mass is 32.1. The summed E-state index contributed by atoms with van der Waals surface area (Å²) in [6, 6.07) is 8.79. The number of urea groups is 1. The van der Waals surface area contributed by atoms with E-state index in [4.69, 9.17) is 4.74 Å². The molecular formula is C24H26N6O5S. The van der Waals surface area contributed by atoms with E-state index in [1.807, 2.05) is 0 Å². The lowest BCUT2D eigenvalue weighted by Crippen LogP contribution is -2.30. The van der Waals surface area contributed by atoms with Crippen LogP contribution in [0.2, 0.25) is 0 Å². The van der Waals surface area contributed by atoms with E-state index in [1.165, 1.54) is 13.1 Å². The fourth-order valence-electron chi connectivity index (χ4n) is 3.21. The van der Waals surface area contributed by atoms with Gasteiger partial charge in [-0.1, -0.05) is 23.5 Å². The van der Waals surface area contributed by atoms with E-state index < -0.39 is 29.9 Å². The van der Waals surface area contributed by atoms with E-state index in [0.717, 1.165) is 11.3 Å². The zero-order chi connectivity index (χ0) is 26.1. The lowest BCUT2D eigenvalue weighted by Gasteiger charge is -2.18. The molecule has 0 spiro atoms. The van der Waals surface area contributed by atoms with Gasteiger partial charge in [-0.25, -0.2) is 9.78 Å². The van der Waals surface area contributed by atoms with Crippen LogP contribution >= 0.6 is 11.3 Å². The average molecular weight is 511 g/mol. The molecule has 188 valence electrons. The van der Waals surface area contributed by atoms with E-state index >= 15 is 0 Å². The molecule has 4 amide bonds. The SMILES string of the molecule is CCOC(=O)CC(NC(=O)c1cccc(NC(=O)c2sc(NC(=O)NC)nc2C)c1)c1cccnc1. The highest BCUT2D eigenvalue weighted by Crippen LogP contribution is 2.24. The van der Waals surface area contributed by atoms with Gasteiger partial charge in [0.1, 0.15) is 4.88 Å². The molecule has 0 aliphatic carbocycles. The van der Waals surface area contributed by atoms with Gasteiger partial charge < -0.3 is 20.7 Å². The van der Waals surface area contributed by atoms with Crippen molar-refractivity contribution in [3.05, 3.63) is 70.5 Å². The fraction of sp³-hybridized carbons (Fsp3) is 0.250. The van der Waals surface area contributed by atoms with Crippen LogP contribution in [0.5, 0.6) is 0 Å². The number of carbonyl (C=O) groups is 4. The first kappa shape index (κ1) is 26.3. The minimum atomic E-state index is -0.644. The molecule has 0 bridgehead atoms. The Hall–Kier alpha value is -4.32. The maximum absolute atomic E-state index is 13.0. The van der Waals surface area contributed by atoms with Crippen molar-refractivity contribution in [1.29, 1.82) is 0 Å². The second-order valence-corrected chi connectivity index (χ2v) is 8.49. The lowest BCUT2D eigenvalue weighted by molar-refractivity contribution is -0.143. The fourth-order valence-corrected chi connectivity index (χ4v) is 4.07. The van der Waals surface area contributed by atoms with Crippen molar-refractivity contribution in [3.8, 4) is 0 Å². The largest absolute Gasteiger partial charge is 0.466 e. The van der Waals surface area contributed by atoms with Gasteiger partial charge in [-0.15, -0.1) is 0 Å². The Kier molecular flexibility index (Phi) is 9.06. The van der Waals surface area contributed by atoms with Gasteiger partial charge in [0.2, 0.25) is 0 Å². The summed E-state index contributed by atoms with van der Waals surface area (Å²) in [7, 11) is 1.47. The molecule has 2 aromatic heterocycles. The molecule has 0 fully saturated rings. The molecule has 3 aromatic rings. The number of aryl methyl sites for hydroxylation is 1. The highest BCUT2D eigenvalue weighted by molar-refractivity contribution is 7.17. The molecule has 0 saturated carbocycles. The van der Waals surface area contributed by atoms with Gasteiger partial charge in [-0.05, 0) is 43.7 Å². The molecule has 1 aromatic carbocycles. The third-order valence-corrected chi connectivity index (χ3v) is 5.97. The number of amides is 4. The maximum atomic E-state index is 13.0. The molecule has 1 atom stereocenters. The van der Waals surface area contributed by atoms with Crippen molar-refractivity contribution in [3.63, 3.8) is 0 Å². The Bertz CT molecular complexity index is 1250. The number of anilines is 2. The molecule has 0 saturated heterocycles. The average Bonchev–Trinajstić information content (AvgIpc) is 3.24. The third-order valence-electron chi connectivity index (χ3n) is 4.90. The van der Waals surface area contributed by atoms with Gasteiger partial charge in [0.25, 0.3) is 11.8 Å². The summed E-state index contributed by atoms with van der Waals surface area (Å²) in [5.74, 6) is -1.31. The number of nitrogens with one attached hydrogen (secondary N) is 4. The molecule has 11 nitrogen and oxygen atoms in total. The first-order valence-corrected chi connectivity index (χ1v) is 11.9. The van der Waals surface area contributed by atoms with Crippen LogP contribution in [-0.4, -0.2) is 47.4 Å². The number of hydrogen-bond donors (Lipinski definition) is 4. The van der Waals surface area contributed by atoms with Gasteiger partial charge in [0.15, 0.2) is 5.13 Å². The van der Waals surface area contributed by atoms with Crippen LogP contribution in [0.25, 0.3) is 0 Å². The minimum absolute atomic E-state index is 0.0568. The maximum Gasteiger partial charge on any atom is 0.320 e. The summed E-state index contributed by atoms with van der Waals surface area (Å²) < 4.78 is 5.04. The number of aromatic nitrogens is 2. The highest BCUT2D eigenvalue weighted by Gasteiger charge is 2.21. The Balaban J connectivity index is 1.73. The van der Waals surface area contributed by atoms with Crippen LogP contribution < -0.4 is 21.3 Å². The predicted molar refractivity (Wildman–Crippen MR) is 135 cm³/mol. The normalized spacial score (nSPS) is 11.2. The van der Waals surface area contributed by atoms with Crippen molar-refractivity contribution in [2.75, 3.05) is 24.3 Å². The van der Waals surface area contributed by atoms with Gasteiger partial charge in [0, 0.05) is 30.7 Å². The summed E-state index contributed by atoms with van der Waals surface area (Å²) in [6.07, 6.45) is 3.12. The second-order valence-electron chi connectivity index (χ2n) is 7.49. The van der Waals surface area contributed by atoms with Crippen LogP contribution in [0.1, 0.15) is 50.7 Å². The van der Waals surface area contributed by atoms with E-state index in [9.17, 15) is 19.2 Å². The minimum Gasteiger partial charge on any atom is -0.466 e. The van der Waals surface area contributed by atoms with Crippen LogP contribution in [0.4, 0.5) is 15.6 Å². The molecule has 1 unspecified atom stereocenters. The number of pyridine rings is 1. The quantitative estimate of drug-likeness (QED) is 0.323. The first-order valence-electron chi connectivity index (χ1n) is 11.0. The van der Waals surface area contributed by atoms with Gasteiger partial charge in [-0.2, -0.15) is 0 Å².